The third kappa shape index (κ3) is 4.36. The third-order valence-corrected chi connectivity index (χ3v) is 3.96. The lowest BCUT2D eigenvalue weighted by Crippen LogP contribution is -2.17. The third-order valence-electron chi connectivity index (χ3n) is 3.11. The molecule has 5 nitrogen and oxygen atoms in total. The average molecular weight is 343 g/mol. The van der Waals surface area contributed by atoms with Crippen LogP contribution in [-0.2, 0) is 17.8 Å². The van der Waals surface area contributed by atoms with E-state index in [2.05, 4.69) is 15.3 Å². The Kier molecular flexibility index (Phi) is 5.12. The monoisotopic (exact) mass is 343 g/mol. The maximum absolute atomic E-state index is 13.8. The van der Waals surface area contributed by atoms with Crippen molar-refractivity contribution >= 4 is 23.1 Å². The summed E-state index contributed by atoms with van der Waals surface area (Å²) in [5, 5.41) is 4.38. The smallest absolute Gasteiger partial charge is 0.318 e. The predicted molar refractivity (Wildman–Crippen MR) is 89.4 cm³/mol. The summed E-state index contributed by atoms with van der Waals surface area (Å²) in [4.78, 5) is 20.7. The van der Waals surface area contributed by atoms with Crippen LogP contribution in [0.4, 0.5) is 10.2 Å². The summed E-state index contributed by atoms with van der Waals surface area (Å²) in [5.74, 6) is -1.25. The Bertz CT molecular complexity index is 810. The highest BCUT2D eigenvalue weighted by atomic mass is 32.1. The van der Waals surface area contributed by atoms with Crippen LogP contribution in [0, 0.1) is 5.82 Å². The van der Waals surface area contributed by atoms with Crippen molar-refractivity contribution in [3.8, 4) is 6.01 Å². The summed E-state index contributed by atoms with van der Waals surface area (Å²) in [5.41, 5.74) is 0.832. The Morgan fingerprint density at radius 1 is 1.21 bits per heavy atom. The van der Waals surface area contributed by atoms with Crippen LogP contribution in [0.3, 0.4) is 0 Å². The molecule has 0 bridgehead atoms. The molecule has 0 aliphatic heterocycles. The van der Waals surface area contributed by atoms with Gasteiger partial charge in [-0.3, -0.25) is 4.79 Å². The number of halogens is 1. The maximum Gasteiger partial charge on any atom is 0.318 e. The van der Waals surface area contributed by atoms with Gasteiger partial charge >= 0.3 is 6.01 Å². The first-order chi connectivity index (χ1) is 11.7. The van der Waals surface area contributed by atoms with Gasteiger partial charge in [-0.1, -0.05) is 36.4 Å². The van der Waals surface area contributed by atoms with Gasteiger partial charge in [0.2, 0.25) is 5.91 Å². The summed E-state index contributed by atoms with van der Waals surface area (Å²) in [7, 11) is 0. The summed E-state index contributed by atoms with van der Waals surface area (Å²) >= 11 is 1.54. The van der Waals surface area contributed by atoms with E-state index in [1.54, 1.807) is 0 Å². The molecular formula is C17H14FN3O2S. The van der Waals surface area contributed by atoms with Crippen molar-refractivity contribution in [1.82, 2.24) is 9.97 Å². The highest BCUT2D eigenvalue weighted by Gasteiger charge is 2.12. The lowest BCUT2D eigenvalue weighted by Gasteiger charge is -2.08. The first-order valence-corrected chi connectivity index (χ1v) is 8.10. The van der Waals surface area contributed by atoms with E-state index >= 15 is 0 Å². The molecule has 0 saturated heterocycles. The molecule has 1 aromatic carbocycles. The Morgan fingerprint density at radius 3 is 2.79 bits per heavy atom. The molecule has 0 saturated carbocycles. The van der Waals surface area contributed by atoms with Gasteiger partial charge in [-0.05, 0) is 17.0 Å². The summed E-state index contributed by atoms with van der Waals surface area (Å²) in [6.45, 7) is 0.292. The topological polar surface area (TPSA) is 64.1 Å². The molecule has 0 unspecified atom stereocenters. The number of nitrogens with zero attached hydrogens (tertiary/aromatic N) is 2. The zero-order valence-electron chi connectivity index (χ0n) is 12.6. The van der Waals surface area contributed by atoms with E-state index in [4.69, 9.17) is 4.74 Å². The van der Waals surface area contributed by atoms with Crippen molar-refractivity contribution < 1.29 is 13.9 Å². The molecule has 0 radical (unpaired) electrons. The molecule has 0 fully saturated rings. The fraction of sp³-hybridized carbons (Fsp3) is 0.118. The highest BCUT2D eigenvalue weighted by Crippen LogP contribution is 2.16. The fourth-order valence-electron chi connectivity index (χ4n) is 2.00. The molecular weight excluding hydrogens is 329 g/mol. The van der Waals surface area contributed by atoms with Gasteiger partial charge < -0.3 is 10.1 Å². The van der Waals surface area contributed by atoms with Crippen LogP contribution >= 0.6 is 11.3 Å². The number of hydrogen-bond donors (Lipinski definition) is 1. The maximum atomic E-state index is 13.8. The van der Waals surface area contributed by atoms with E-state index in [-0.39, 0.29) is 24.2 Å². The minimum atomic E-state index is -0.708. The van der Waals surface area contributed by atoms with E-state index in [1.165, 1.54) is 11.3 Å². The predicted octanol–water partition coefficient (Wildman–Crippen LogP) is 3.44. The molecule has 7 heteroatoms. The van der Waals surface area contributed by atoms with Gasteiger partial charge in [-0.2, -0.15) is 4.98 Å². The van der Waals surface area contributed by atoms with Gasteiger partial charge in [-0.25, -0.2) is 9.37 Å². The standard InChI is InChI=1S/C17H14FN3O2S/c18-14-10-19-17(23-11-13-7-4-8-24-13)21-16(14)20-15(22)9-12-5-2-1-3-6-12/h1-8,10H,9,11H2,(H,19,20,21,22). The number of hydrogen-bond acceptors (Lipinski definition) is 5. The number of carbonyl (C=O) groups excluding carboxylic acids is 1. The van der Waals surface area contributed by atoms with E-state index in [0.717, 1.165) is 16.6 Å². The van der Waals surface area contributed by atoms with E-state index in [9.17, 15) is 9.18 Å². The Morgan fingerprint density at radius 2 is 2.04 bits per heavy atom. The Balaban J connectivity index is 1.64. The summed E-state index contributed by atoms with van der Waals surface area (Å²) in [6, 6.07) is 13.0. The number of nitrogens with one attached hydrogen (secondary N) is 1. The molecule has 24 heavy (non-hydrogen) atoms. The molecule has 1 amide bonds. The lowest BCUT2D eigenvalue weighted by molar-refractivity contribution is -0.115. The molecule has 2 aromatic heterocycles. The molecule has 3 aromatic rings. The zero-order chi connectivity index (χ0) is 16.8. The normalized spacial score (nSPS) is 10.4. The second-order valence-corrected chi connectivity index (χ2v) is 5.96. The van der Waals surface area contributed by atoms with Crippen molar-refractivity contribution in [1.29, 1.82) is 0 Å². The number of ether oxygens (including phenoxy) is 1. The van der Waals surface area contributed by atoms with Crippen LogP contribution in [0.25, 0.3) is 0 Å². The highest BCUT2D eigenvalue weighted by molar-refractivity contribution is 7.09. The minimum Gasteiger partial charge on any atom is -0.458 e. The largest absolute Gasteiger partial charge is 0.458 e. The van der Waals surface area contributed by atoms with Crippen molar-refractivity contribution in [3.63, 3.8) is 0 Å². The van der Waals surface area contributed by atoms with Crippen LogP contribution in [0.15, 0.2) is 54.0 Å². The van der Waals surface area contributed by atoms with Crippen molar-refractivity contribution in [2.24, 2.45) is 0 Å². The van der Waals surface area contributed by atoms with E-state index in [0.29, 0.717) is 6.61 Å². The molecule has 0 aliphatic rings. The van der Waals surface area contributed by atoms with Crippen LogP contribution in [0.1, 0.15) is 10.4 Å². The Hall–Kier alpha value is -2.80. The minimum absolute atomic E-state index is 0.0137. The number of anilines is 1. The van der Waals surface area contributed by atoms with E-state index in [1.807, 2.05) is 47.8 Å². The molecule has 1 N–H and O–H groups in total. The van der Waals surface area contributed by atoms with Gasteiger partial charge in [0.25, 0.3) is 0 Å². The van der Waals surface area contributed by atoms with Gasteiger partial charge in [0.05, 0.1) is 12.6 Å². The van der Waals surface area contributed by atoms with Crippen molar-refractivity contribution in [3.05, 3.63) is 70.3 Å². The van der Waals surface area contributed by atoms with Gasteiger partial charge in [-0.15, -0.1) is 11.3 Å². The average Bonchev–Trinajstić information content (AvgIpc) is 3.10. The van der Waals surface area contributed by atoms with E-state index < -0.39 is 5.82 Å². The second kappa shape index (κ2) is 7.65. The number of rotatable bonds is 6. The number of aromatic nitrogens is 2. The number of carbonyl (C=O) groups is 1. The molecule has 0 aliphatic carbocycles. The van der Waals surface area contributed by atoms with Crippen LogP contribution in [0.5, 0.6) is 6.01 Å². The lowest BCUT2D eigenvalue weighted by atomic mass is 10.1. The second-order valence-electron chi connectivity index (χ2n) is 4.93. The van der Waals surface area contributed by atoms with Crippen molar-refractivity contribution in [2.45, 2.75) is 13.0 Å². The first-order valence-electron chi connectivity index (χ1n) is 7.22. The molecule has 2 heterocycles. The fourth-order valence-corrected chi connectivity index (χ4v) is 2.61. The van der Waals surface area contributed by atoms with Gasteiger partial charge in [0.15, 0.2) is 11.6 Å². The quantitative estimate of drug-likeness (QED) is 0.745. The summed E-state index contributed by atoms with van der Waals surface area (Å²) < 4.78 is 19.2. The number of amides is 1. The molecule has 0 spiro atoms. The number of thiophene rings is 1. The molecule has 0 atom stereocenters. The molecule has 3 rings (SSSR count). The number of benzene rings is 1. The SMILES string of the molecule is O=C(Cc1ccccc1)Nc1nc(OCc2cccs2)ncc1F. The zero-order valence-corrected chi connectivity index (χ0v) is 13.4. The van der Waals surface area contributed by atoms with Crippen molar-refractivity contribution in [2.75, 3.05) is 5.32 Å². The van der Waals surface area contributed by atoms with Gasteiger partial charge in [0, 0.05) is 4.88 Å². The summed E-state index contributed by atoms with van der Waals surface area (Å²) in [6.07, 6.45) is 1.12. The van der Waals surface area contributed by atoms with Crippen LogP contribution < -0.4 is 10.1 Å². The molecule has 122 valence electrons. The van der Waals surface area contributed by atoms with Crippen LogP contribution in [0.2, 0.25) is 0 Å². The first kappa shape index (κ1) is 16.1. The Labute approximate surface area is 142 Å². The van der Waals surface area contributed by atoms with Gasteiger partial charge in [0.1, 0.15) is 6.61 Å². The van der Waals surface area contributed by atoms with Crippen LogP contribution in [-0.4, -0.2) is 15.9 Å².